The molecule has 0 spiro atoms. The maximum atomic E-state index is 13.9. The zero-order chi connectivity index (χ0) is 13.6. The van der Waals surface area contributed by atoms with Gasteiger partial charge in [0.25, 0.3) is 0 Å². The molecule has 0 amide bonds. The summed E-state index contributed by atoms with van der Waals surface area (Å²) in [5.74, 6) is -1.32. The average molecular weight is 281 g/mol. The lowest BCUT2D eigenvalue weighted by molar-refractivity contribution is 0.579. The van der Waals surface area contributed by atoms with Gasteiger partial charge in [0, 0.05) is 24.8 Å². The molecule has 5 heteroatoms. The van der Waals surface area contributed by atoms with Gasteiger partial charge in [-0.2, -0.15) is 0 Å². The van der Waals surface area contributed by atoms with Gasteiger partial charge in [0.05, 0.1) is 10.7 Å². The van der Waals surface area contributed by atoms with Crippen molar-refractivity contribution in [1.29, 1.82) is 0 Å². The Labute approximate surface area is 114 Å². The fourth-order valence-corrected chi connectivity index (χ4v) is 2.72. The Hall–Kier alpha value is -1.81. The van der Waals surface area contributed by atoms with Crippen LogP contribution in [0.4, 0.5) is 20.2 Å². The van der Waals surface area contributed by atoms with Crippen LogP contribution >= 0.6 is 11.6 Å². The second kappa shape index (κ2) is 4.38. The average Bonchev–Trinajstić information content (AvgIpc) is 2.69. The fourth-order valence-electron chi connectivity index (χ4n) is 2.41. The first-order valence-electron chi connectivity index (χ1n) is 5.81. The van der Waals surface area contributed by atoms with Gasteiger partial charge in [0.2, 0.25) is 0 Å². The van der Waals surface area contributed by atoms with Crippen LogP contribution < -0.4 is 10.6 Å². The van der Waals surface area contributed by atoms with Gasteiger partial charge in [-0.3, -0.25) is 0 Å². The molecule has 19 heavy (non-hydrogen) atoms. The number of rotatable bonds is 1. The first-order chi connectivity index (χ1) is 9.04. The highest BCUT2D eigenvalue weighted by Gasteiger charge is 2.24. The summed E-state index contributed by atoms with van der Waals surface area (Å²) < 4.78 is 26.9. The molecule has 98 valence electrons. The standard InChI is InChI=1S/C14H11ClF2N2/c15-12-4-10(16)5-13(17)14(12)19-6-8-1-2-11(18)3-9(8)7-19/h1-5H,6-7,18H2. The topological polar surface area (TPSA) is 29.3 Å². The first-order valence-corrected chi connectivity index (χ1v) is 6.19. The number of anilines is 2. The van der Waals surface area contributed by atoms with Crippen molar-refractivity contribution in [3.8, 4) is 0 Å². The highest BCUT2D eigenvalue weighted by Crippen LogP contribution is 2.36. The number of benzene rings is 2. The lowest BCUT2D eigenvalue weighted by Gasteiger charge is -2.19. The Balaban J connectivity index is 1.99. The van der Waals surface area contributed by atoms with E-state index in [-0.39, 0.29) is 10.7 Å². The van der Waals surface area contributed by atoms with Crippen molar-refractivity contribution in [2.24, 2.45) is 0 Å². The van der Waals surface area contributed by atoms with Gasteiger partial charge in [-0.1, -0.05) is 17.7 Å². The largest absolute Gasteiger partial charge is 0.399 e. The van der Waals surface area contributed by atoms with E-state index < -0.39 is 11.6 Å². The third-order valence-electron chi connectivity index (χ3n) is 3.25. The smallest absolute Gasteiger partial charge is 0.150 e. The Morgan fingerprint density at radius 2 is 1.79 bits per heavy atom. The molecule has 1 aliphatic heterocycles. The van der Waals surface area contributed by atoms with Gasteiger partial charge in [-0.05, 0) is 29.3 Å². The van der Waals surface area contributed by atoms with Crippen molar-refractivity contribution in [1.82, 2.24) is 0 Å². The summed E-state index contributed by atoms with van der Waals surface area (Å²) in [4.78, 5) is 1.78. The number of hydrogen-bond acceptors (Lipinski definition) is 2. The molecule has 0 fully saturated rings. The molecule has 0 aromatic heterocycles. The van der Waals surface area contributed by atoms with E-state index in [1.807, 2.05) is 18.2 Å². The van der Waals surface area contributed by atoms with E-state index in [9.17, 15) is 8.78 Å². The van der Waals surface area contributed by atoms with Crippen molar-refractivity contribution in [3.05, 3.63) is 58.1 Å². The van der Waals surface area contributed by atoms with Gasteiger partial charge in [-0.15, -0.1) is 0 Å². The second-order valence-corrected chi connectivity index (χ2v) is 5.01. The van der Waals surface area contributed by atoms with Gasteiger partial charge >= 0.3 is 0 Å². The number of nitrogens with two attached hydrogens (primary N) is 1. The van der Waals surface area contributed by atoms with Crippen LogP contribution in [0.15, 0.2) is 30.3 Å². The van der Waals surface area contributed by atoms with Crippen LogP contribution in [-0.2, 0) is 13.1 Å². The van der Waals surface area contributed by atoms with Gasteiger partial charge in [-0.25, -0.2) is 8.78 Å². The number of halogens is 3. The minimum Gasteiger partial charge on any atom is -0.399 e. The van der Waals surface area contributed by atoms with E-state index in [0.717, 1.165) is 23.3 Å². The van der Waals surface area contributed by atoms with Crippen molar-refractivity contribution in [2.45, 2.75) is 13.1 Å². The van der Waals surface area contributed by atoms with E-state index >= 15 is 0 Å². The van der Waals surface area contributed by atoms with Gasteiger partial charge < -0.3 is 10.6 Å². The second-order valence-electron chi connectivity index (χ2n) is 4.60. The molecule has 2 aromatic rings. The Morgan fingerprint density at radius 3 is 2.53 bits per heavy atom. The monoisotopic (exact) mass is 280 g/mol. The molecule has 0 bridgehead atoms. The summed E-state index contributed by atoms with van der Waals surface area (Å²) in [7, 11) is 0. The van der Waals surface area contributed by atoms with Crippen molar-refractivity contribution in [3.63, 3.8) is 0 Å². The van der Waals surface area contributed by atoms with E-state index in [1.54, 1.807) is 4.90 Å². The zero-order valence-corrected chi connectivity index (χ0v) is 10.7. The molecule has 0 unspecified atom stereocenters. The summed E-state index contributed by atoms with van der Waals surface area (Å²) in [5.41, 5.74) is 8.75. The zero-order valence-electron chi connectivity index (χ0n) is 9.96. The van der Waals surface area contributed by atoms with Crippen LogP contribution in [0.5, 0.6) is 0 Å². The highest BCUT2D eigenvalue weighted by molar-refractivity contribution is 6.33. The van der Waals surface area contributed by atoms with E-state index in [2.05, 4.69) is 0 Å². The number of nitrogens with zero attached hydrogens (tertiary/aromatic N) is 1. The number of hydrogen-bond donors (Lipinski definition) is 1. The molecule has 1 heterocycles. The van der Waals surface area contributed by atoms with Crippen LogP contribution in [0.3, 0.4) is 0 Å². The molecule has 0 radical (unpaired) electrons. The molecule has 0 aliphatic carbocycles. The third kappa shape index (κ3) is 2.12. The molecule has 2 aromatic carbocycles. The lowest BCUT2D eigenvalue weighted by Crippen LogP contribution is -2.16. The Kier molecular flexibility index (Phi) is 2.82. The molecule has 0 saturated carbocycles. The van der Waals surface area contributed by atoms with Gasteiger partial charge in [0.1, 0.15) is 5.82 Å². The van der Waals surface area contributed by atoms with E-state index in [1.165, 1.54) is 0 Å². The highest BCUT2D eigenvalue weighted by atomic mass is 35.5. The van der Waals surface area contributed by atoms with Crippen LogP contribution in [0.25, 0.3) is 0 Å². The minimum atomic E-state index is -0.674. The first kappa shape index (κ1) is 12.2. The van der Waals surface area contributed by atoms with Crippen LogP contribution in [0.1, 0.15) is 11.1 Å². The SMILES string of the molecule is Nc1ccc2c(c1)CN(c1c(F)cc(F)cc1Cl)C2. The molecular weight excluding hydrogens is 270 g/mol. The van der Waals surface area contributed by atoms with E-state index in [0.29, 0.717) is 18.8 Å². The predicted octanol–water partition coefficient (Wildman–Crippen LogP) is 3.72. The maximum Gasteiger partial charge on any atom is 0.150 e. The van der Waals surface area contributed by atoms with Crippen molar-refractivity contribution in [2.75, 3.05) is 10.6 Å². The number of fused-ring (bicyclic) bond motifs is 1. The fraction of sp³-hybridized carbons (Fsp3) is 0.143. The normalized spacial score (nSPS) is 13.7. The minimum absolute atomic E-state index is 0.0817. The quantitative estimate of drug-likeness (QED) is 0.807. The summed E-state index contributed by atoms with van der Waals surface area (Å²) in [6, 6.07) is 7.56. The van der Waals surface area contributed by atoms with Crippen molar-refractivity contribution >= 4 is 23.0 Å². The van der Waals surface area contributed by atoms with E-state index in [4.69, 9.17) is 17.3 Å². The Bertz CT molecular complexity index is 635. The molecule has 1 aliphatic rings. The van der Waals surface area contributed by atoms with Gasteiger partial charge in [0.15, 0.2) is 5.82 Å². The van der Waals surface area contributed by atoms with Crippen LogP contribution in [0, 0.1) is 11.6 Å². The molecule has 0 atom stereocenters. The number of nitrogen functional groups attached to an aromatic ring is 1. The molecule has 0 saturated heterocycles. The van der Waals surface area contributed by atoms with Crippen molar-refractivity contribution < 1.29 is 8.78 Å². The molecular formula is C14H11ClF2N2. The summed E-state index contributed by atoms with van der Waals surface area (Å²) in [6.45, 7) is 1.06. The third-order valence-corrected chi connectivity index (χ3v) is 3.54. The van der Waals surface area contributed by atoms with Crippen LogP contribution in [0.2, 0.25) is 5.02 Å². The Morgan fingerprint density at radius 1 is 1.05 bits per heavy atom. The molecule has 2 N–H and O–H groups in total. The predicted molar refractivity (Wildman–Crippen MR) is 72.1 cm³/mol. The summed E-state index contributed by atoms with van der Waals surface area (Å²) >= 11 is 5.94. The maximum absolute atomic E-state index is 13.9. The summed E-state index contributed by atoms with van der Waals surface area (Å²) in [5, 5.41) is 0.0817. The molecule has 3 rings (SSSR count). The van der Waals surface area contributed by atoms with Crippen LogP contribution in [-0.4, -0.2) is 0 Å². The lowest BCUT2D eigenvalue weighted by atomic mass is 10.1. The molecule has 2 nitrogen and oxygen atoms in total. The summed E-state index contributed by atoms with van der Waals surface area (Å²) in [6.07, 6.45) is 0.